The molecular formula is C24H22F2N6O2S. The van der Waals surface area contributed by atoms with Crippen molar-refractivity contribution in [3.8, 4) is 10.6 Å². The van der Waals surface area contributed by atoms with Crippen LogP contribution < -0.4 is 5.49 Å². The summed E-state index contributed by atoms with van der Waals surface area (Å²) in [5, 5.41) is 20.9. The van der Waals surface area contributed by atoms with Crippen LogP contribution in [0.3, 0.4) is 0 Å². The predicted molar refractivity (Wildman–Crippen MR) is 128 cm³/mol. The Hall–Kier alpha value is -3.70. The van der Waals surface area contributed by atoms with Crippen molar-refractivity contribution in [1.29, 1.82) is 10.8 Å². The Morgan fingerprint density at radius 3 is 2.63 bits per heavy atom. The lowest BCUT2D eigenvalue weighted by Gasteiger charge is -2.32. The molecule has 0 atom stereocenters. The molecule has 0 spiro atoms. The van der Waals surface area contributed by atoms with E-state index in [4.69, 9.17) is 15.2 Å². The van der Waals surface area contributed by atoms with Crippen LogP contribution in [-0.2, 0) is 5.92 Å². The highest BCUT2D eigenvalue weighted by Crippen LogP contribution is 2.32. The van der Waals surface area contributed by atoms with Crippen molar-refractivity contribution in [2.24, 2.45) is 0 Å². The molecule has 2 N–H and O–H groups in total. The Balaban J connectivity index is 1.42. The number of rotatable bonds is 4. The van der Waals surface area contributed by atoms with Crippen molar-refractivity contribution in [2.75, 3.05) is 33.2 Å². The second-order valence-corrected chi connectivity index (χ2v) is 9.45. The molecule has 1 aromatic carbocycles. The topological polar surface area (TPSA) is 102 Å². The van der Waals surface area contributed by atoms with E-state index in [-0.39, 0.29) is 11.4 Å². The van der Waals surface area contributed by atoms with Crippen molar-refractivity contribution in [3.63, 3.8) is 0 Å². The average Bonchev–Trinajstić information content (AvgIpc) is 3.53. The molecule has 1 aliphatic heterocycles. The summed E-state index contributed by atoms with van der Waals surface area (Å²) < 4.78 is 36.4. The Morgan fingerprint density at radius 2 is 1.86 bits per heavy atom. The highest BCUT2D eigenvalue weighted by Gasteiger charge is 2.40. The second kappa shape index (κ2) is 8.82. The van der Waals surface area contributed by atoms with E-state index in [9.17, 15) is 4.79 Å². The van der Waals surface area contributed by atoms with E-state index in [1.165, 1.54) is 47.9 Å². The number of likely N-dealkylation sites (N-methyl/N-ethyl adjacent to an activating group) is 1. The molecule has 35 heavy (non-hydrogen) atoms. The van der Waals surface area contributed by atoms with E-state index in [0.29, 0.717) is 44.2 Å². The van der Waals surface area contributed by atoms with Gasteiger partial charge in [-0.25, -0.2) is 0 Å². The van der Waals surface area contributed by atoms with Gasteiger partial charge < -0.3 is 14.2 Å². The number of nitrogens with zero attached hydrogens (tertiary/aromatic N) is 4. The molecule has 4 aromatic rings. The summed E-state index contributed by atoms with van der Waals surface area (Å²) in [5.74, 6) is -4.92. The molecule has 0 aliphatic carbocycles. The second-order valence-electron chi connectivity index (χ2n) is 8.37. The van der Waals surface area contributed by atoms with Crippen LogP contribution in [0.1, 0.15) is 15.2 Å². The van der Waals surface area contributed by atoms with E-state index < -0.39 is 17.3 Å². The Labute approximate surface area is 203 Å². The van der Waals surface area contributed by atoms with E-state index in [2.05, 4.69) is 10.00 Å². The zero-order chi connectivity index (χ0) is 24.7. The number of carbonyl (C=O) groups is 1. The normalized spacial score (nSPS) is 15.0. The molecule has 4 heterocycles. The molecular weight excluding hydrogens is 474 g/mol. The van der Waals surface area contributed by atoms with Gasteiger partial charge in [0.05, 0.1) is 16.0 Å². The first kappa shape index (κ1) is 23.1. The van der Waals surface area contributed by atoms with E-state index >= 15 is 8.78 Å². The van der Waals surface area contributed by atoms with Crippen molar-refractivity contribution >= 4 is 34.0 Å². The molecule has 0 bridgehead atoms. The SMILES string of the molecule is CN1CCN(C(=O)c2ccc(-c3ccc(=N)n(C(=N)C(F)(F)c4ccc5occc5c4)n3)s2)CC1. The first-order valence-electron chi connectivity index (χ1n) is 10.9. The first-order chi connectivity index (χ1) is 16.7. The molecule has 1 aliphatic rings. The van der Waals surface area contributed by atoms with Gasteiger partial charge in [0.15, 0.2) is 5.84 Å². The van der Waals surface area contributed by atoms with Gasteiger partial charge in [-0.1, -0.05) is 0 Å². The van der Waals surface area contributed by atoms with Crippen LogP contribution in [0.15, 0.2) is 59.2 Å². The number of aromatic nitrogens is 2. The lowest BCUT2D eigenvalue weighted by Crippen LogP contribution is -2.46. The van der Waals surface area contributed by atoms with Gasteiger partial charge in [-0.15, -0.1) is 11.3 Å². The fourth-order valence-electron chi connectivity index (χ4n) is 3.91. The lowest BCUT2D eigenvalue weighted by atomic mass is 10.1. The van der Waals surface area contributed by atoms with Crippen LogP contribution in [0.25, 0.3) is 21.5 Å². The van der Waals surface area contributed by atoms with E-state index in [1.807, 2.05) is 7.05 Å². The molecule has 3 aromatic heterocycles. The van der Waals surface area contributed by atoms with Gasteiger partial charge in [0.1, 0.15) is 16.8 Å². The molecule has 0 unspecified atom stereocenters. The van der Waals surface area contributed by atoms with Gasteiger partial charge in [0.25, 0.3) is 5.91 Å². The van der Waals surface area contributed by atoms with Gasteiger partial charge >= 0.3 is 5.92 Å². The van der Waals surface area contributed by atoms with Gasteiger partial charge in [0, 0.05) is 37.1 Å². The fraction of sp³-hybridized carbons (Fsp3) is 0.250. The predicted octanol–water partition coefficient (Wildman–Crippen LogP) is 3.84. The van der Waals surface area contributed by atoms with Crippen molar-refractivity contribution in [2.45, 2.75) is 5.92 Å². The largest absolute Gasteiger partial charge is 0.464 e. The molecule has 0 radical (unpaired) electrons. The summed E-state index contributed by atoms with van der Waals surface area (Å²) in [6.45, 7) is 2.90. The van der Waals surface area contributed by atoms with Crippen LogP contribution >= 0.6 is 11.3 Å². The molecule has 180 valence electrons. The molecule has 8 nitrogen and oxygen atoms in total. The average molecular weight is 497 g/mol. The third kappa shape index (κ3) is 4.28. The molecule has 1 fully saturated rings. The van der Waals surface area contributed by atoms with Crippen LogP contribution in [0.2, 0.25) is 0 Å². The number of benzene rings is 1. The van der Waals surface area contributed by atoms with Gasteiger partial charge in [-0.3, -0.25) is 15.6 Å². The number of nitrogens with one attached hydrogen (secondary N) is 2. The standard InChI is InChI=1S/C24H22F2N6O2S/c1-30-9-11-31(12-10-30)22(33)20-6-5-19(35-20)17-3-7-21(27)32(29-17)23(28)24(25,26)16-2-4-18-15(14-16)8-13-34-18/h2-8,13-14,27-28H,9-12H2,1H3. The van der Waals surface area contributed by atoms with Crippen LogP contribution in [0.4, 0.5) is 8.78 Å². The number of hydrogen-bond acceptors (Lipinski definition) is 7. The number of carbonyl (C=O) groups excluding carboxylic acids is 1. The smallest absolute Gasteiger partial charge is 0.331 e. The summed E-state index contributed by atoms with van der Waals surface area (Å²) in [4.78, 5) is 17.9. The van der Waals surface area contributed by atoms with Gasteiger partial charge in [-0.05, 0) is 55.6 Å². The number of hydrogen-bond donors (Lipinski definition) is 2. The summed E-state index contributed by atoms with van der Waals surface area (Å²) >= 11 is 1.21. The van der Waals surface area contributed by atoms with Crippen molar-refractivity contribution in [1.82, 2.24) is 19.6 Å². The zero-order valence-corrected chi connectivity index (χ0v) is 19.6. The maximum atomic E-state index is 15.3. The Bertz CT molecular complexity index is 1480. The third-order valence-electron chi connectivity index (χ3n) is 6.02. The highest BCUT2D eigenvalue weighted by atomic mass is 32.1. The summed E-state index contributed by atoms with van der Waals surface area (Å²) in [6, 6.07) is 11.7. The molecule has 1 amide bonds. The first-order valence-corrected chi connectivity index (χ1v) is 11.7. The number of fused-ring (bicyclic) bond motifs is 1. The van der Waals surface area contributed by atoms with Crippen molar-refractivity contribution in [3.05, 3.63) is 70.7 Å². The van der Waals surface area contributed by atoms with E-state index in [0.717, 1.165) is 13.1 Å². The molecule has 1 saturated heterocycles. The van der Waals surface area contributed by atoms with E-state index in [1.54, 1.807) is 23.1 Å². The minimum atomic E-state index is -3.70. The number of halogens is 2. The maximum Gasteiger partial charge on any atom is 0.331 e. The van der Waals surface area contributed by atoms with Crippen LogP contribution in [-0.4, -0.2) is 64.5 Å². The summed E-state index contributed by atoms with van der Waals surface area (Å²) in [7, 11) is 2.01. The molecule has 11 heteroatoms. The highest BCUT2D eigenvalue weighted by molar-refractivity contribution is 7.17. The Morgan fingerprint density at radius 1 is 1.09 bits per heavy atom. The monoisotopic (exact) mass is 496 g/mol. The Kier molecular flexibility index (Phi) is 5.81. The number of furan rings is 1. The van der Waals surface area contributed by atoms with Crippen LogP contribution in [0, 0.1) is 10.8 Å². The summed E-state index contributed by atoms with van der Waals surface area (Å²) in [5.41, 5.74) is 0.0127. The van der Waals surface area contributed by atoms with Gasteiger partial charge in [0.2, 0.25) is 0 Å². The van der Waals surface area contributed by atoms with Crippen molar-refractivity contribution < 1.29 is 18.0 Å². The zero-order valence-electron chi connectivity index (χ0n) is 18.8. The summed E-state index contributed by atoms with van der Waals surface area (Å²) in [6.07, 6.45) is 1.41. The number of alkyl halides is 2. The maximum absolute atomic E-state index is 15.3. The number of thiophene rings is 1. The third-order valence-corrected chi connectivity index (χ3v) is 7.11. The minimum absolute atomic E-state index is 0.0757. The number of piperazine rings is 1. The minimum Gasteiger partial charge on any atom is -0.464 e. The van der Waals surface area contributed by atoms with Gasteiger partial charge in [-0.2, -0.15) is 18.6 Å². The van der Waals surface area contributed by atoms with Crippen LogP contribution in [0.5, 0.6) is 0 Å². The quantitative estimate of drug-likeness (QED) is 0.331. The number of amides is 1. The molecule has 0 saturated carbocycles. The fourth-order valence-corrected chi connectivity index (χ4v) is 4.85. The lowest BCUT2D eigenvalue weighted by molar-refractivity contribution is 0.0668. The molecule has 5 rings (SSSR count).